The van der Waals surface area contributed by atoms with Crippen LogP contribution in [0, 0.1) is 0 Å². The summed E-state index contributed by atoms with van der Waals surface area (Å²) in [6, 6.07) is 0.138. The lowest BCUT2D eigenvalue weighted by Crippen LogP contribution is -2.45. The lowest BCUT2D eigenvalue weighted by Gasteiger charge is -2.26. The number of rotatable bonds is 5. The molecule has 2 aliphatic rings. The number of nitrogens with one attached hydrogen (secondary N) is 1. The largest absolute Gasteiger partial charge is 0.377 e. The van der Waals surface area contributed by atoms with Crippen LogP contribution in [-0.4, -0.2) is 44.7 Å². The molecule has 0 bridgehead atoms. The van der Waals surface area contributed by atoms with Crippen molar-refractivity contribution in [2.24, 2.45) is 0 Å². The molecule has 19 heavy (non-hydrogen) atoms. The van der Waals surface area contributed by atoms with Crippen molar-refractivity contribution in [3.05, 3.63) is 0 Å². The molecule has 1 aliphatic heterocycles. The molecule has 112 valence electrons. The van der Waals surface area contributed by atoms with E-state index in [1.807, 2.05) is 0 Å². The van der Waals surface area contributed by atoms with E-state index in [0.29, 0.717) is 0 Å². The first-order valence-corrected chi connectivity index (χ1v) is 9.41. The molecule has 0 amide bonds. The third kappa shape index (κ3) is 4.17. The lowest BCUT2D eigenvalue weighted by atomic mass is 10.1. The van der Waals surface area contributed by atoms with Crippen LogP contribution in [0.1, 0.15) is 51.9 Å². The highest BCUT2D eigenvalue weighted by Gasteiger charge is 2.36. The van der Waals surface area contributed by atoms with Crippen molar-refractivity contribution in [1.29, 1.82) is 0 Å². The maximum absolute atomic E-state index is 12.7. The highest BCUT2D eigenvalue weighted by molar-refractivity contribution is 7.92. The lowest BCUT2D eigenvalue weighted by molar-refractivity contribution is 0.127. The predicted octanol–water partition coefficient (Wildman–Crippen LogP) is 1.89. The molecule has 1 saturated carbocycles. The molecule has 0 spiro atoms. The van der Waals surface area contributed by atoms with Gasteiger partial charge < -0.3 is 10.1 Å². The highest BCUT2D eigenvalue weighted by Crippen LogP contribution is 2.26. The second-order valence-corrected chi connectivity index (χ2v) is 8.07. The SMILES string of the molecule is CCNC1CCCCCC1S(=O)(=O)CC1CCCO1. The summed E-state index contributed by atoms with van der Waals surface area (Å²) in [4.78, 5) is 0. The molecule has 0 aromatic rings. The monoisotopic (exact) mass is 289 g/mol. The van der Waals surface area contributed by atoms with Crippen LogP contribution in [0.3, 0.4) is 0 Å². The maximum Gasteiger partial charge on any atom is 0.157 e. The van der Waals surface area contributed by atoms with Crippen molar-refractivity contribution in [1.82, 2.24) is 5.32 Å². The molecule has 0 aromatic heterocycles. The molecular formula is C14H27NO3S. The Balaban J connectivity index is 2.05. The van der Waals surface area contributed by atoms with Gasteiger partial charge in [-0.05, 0) is 32.2 Å². The van der Waals surface area contributed by atoms with Crippen LogP contribution in [0.15, 0.2) is 0 Å². The van der Waals surface area contributed by atoms with Crippen LogP contribution in [0.4, 0.5) is 0 Å². The van der Waals surface area contributed by atoms with E-state index in [1.54, 1.807) is 0 Å². The van der Waals surface area contributed by atoms with Gasteiger partial charge in [0.2, 0.25) is 0 Å². The first-order chi connectivity index (χ1) is 9.13. The smallest absolute Gasteiger partial charge is 0.157 e. The average molecular weight is 289 g/mol. The Bertz CT molecular complexity index is 363. The fourth-order valence-electron chi connectivity index (χ4n) is 3.36. The Hall–Kier alpha value is -0.130. The fourth-order valence-corrected chi connectivity index (χ4v) is 5.64. The van der Waals surface area contributed by atoms with Crippen LogP contribution in [0.25, 0.3) is 0 Å². The zero-order valence-electron chi connectivity index (χ0n) is 11.9. The number of hydrogen-bond acceptors (Lipinski definition) is 4. The zero-order chi connectivity index (χ0) is 13.7. The highest BCUT2D eigenvalue weighted by atomic mass is 32.2. The van der Waals surface area contributed by atoms with E-state index in [9.17, 15) is 8.42 Å². The minimum Gasteiger partial charge on any atom is -0.377 e. The molecule has 0 radical (unpaired) electrons. The molecule has 5 heteroatoms. The molecule has 1 saturated heterocycles. The summed E-state index contributed by atoms with van der Waals surface area (Å²) in [6.45, 7) is 3.62. The van der Waals surface area contributed by atoms with Crippen molar-refractivity contribution in [2.75, 3.05) is 18.9 Å². The van der Waals surface area contributed by atoms with E-state index in [2.05, 4.69) is 12.2 Å². The van der Waals surface area contributed by atoms with Gasteiger partial charge in [0, 0.05) is 12.6 Å². The van der Waals surface area contributed by atoms with E-state index in [-0.39, 0.29) is 23.1 Å². The van der Waals surface area contributed by atoms with Gasteiger partial charge in [0.1, 0.15) is 0 Å². The Labute approximate surface area is 117 Å². The van der Waals surface area contributed by atoms with Gasteiger partial charge in [0.25, 0.3) is 0 Å². The molecule has 1 N–H and O–H groups in total. The Morgan fingerprint density at radius 3 is 2.58 bits per heavy atom. The van der Waals surface area contributed by atoms with Gasteiger partial charge in [0.05, 0.1) is 17.1 Å². The quantitative estimate of drug-likeness (QED) is 0.785. The summed E-state index contributed by atoms with van der Waals surface area (Å²) < 4.78 is 30.8. The summed E-state index contributed by atoms with van der Waals surface area (Å²) in [5.41, 5.74) is 0. The maximum atomic E-state index is 12.7. The van der Waals surface area contributed by atoms with Crippen molar-refractivity contribution in [3.63, 3.8) is 0 Å². The molecule has 2 rings (SSSR count). The first-order valence-electron chi connectivity index (χ1n) is 7.70. The van der Waals surface area contributed by atoms with Gasteiger partial charge >= 0.3 is 0 Å². The van der Waals surface area contributed by atoms with E-state index in [0.717, 1.165) is 58.1 Å². The predicted molar refractivity (Wildman–Crippen MR) is 77.1 cm³/mol. The van der Waals surface area contributed by atoms with E-state index < -0.39 is 9.84 Å². The topological polar surface area (TPSA) is 55.4 Å². The van der Waals surface area contributed by atoms with Gasteiger partial charge in [-0.1, -0.05) is 26.2 Å². The molecule has 1 heterocycles. The molecule has 3 unspecified atom stereocenters. The molecule has 1 aliphatic carbocycles. The summed E-state index contributed by atoms with van der Waals surface area (Å²) in [6.07, 6.45) is 6.99. The van der Waals surface area contributed by atoms with Gasteiger partial charge in [-0.25, -0.2) is 8.42 Å². The van der Waals surface area contributed by atoms with Gasteiger partial charge in [0.15, 0.2) is 9.84 Å². The molecule has 2 fully saturated rings. The molecule has 3 atom stereocenters. The van der Waals surface area contributed by atoms with E-state index in [4.69, 9.17) is 4.74 Å². The summed E-state index contributed by atoms with van der Waals surface area (Å²) in [5.74, 6) is 0.222. The minimum absolute atomic E-state index is 0.0597. The minimum atomic E-state index is -3.05. The molecular weight excluding hydrogens is 262 g/mol. The van der Waals surface area contributed by atoms with Crippen LogP contribution < -0.4 is 5.32 Å². The Morgan fingerprint density at radius 2 is 1.89 bits per heavy atom. The fraction of sp³-hybridized carbons (Fsp3) is 1.00. The summed E-state index contributed by atoms with van der Waals surface area (Å²) in [5, 5.41) is 3.18. The second kappa shape index (κ2) is 7.04. The van der Waals surface area contributed by atoms with Crippen molar-refractivity contribution >= 4 is 9.84 Å². The van der Waals surface area contributed by atoms with Crippen LogP contribution in [0.2, 0.25) is 0 Å². The van der Waals surface area contributed by atoms with Crippen molar-refractivity contribution in [2.45, 2.75) is 69.3 Å². The van der Waals surface area contributed by atoms with Crippen molar-refractivity contribution < 1.29 is 13.2 Å². The molecule has 4 nitrogen and oxygen atoms in total. The normalized spacial score (nSPS) is 33.2. The standard InChI is InChI=1S/C14H27NO3S/c1-2-15-13-8-4-3-5-9-14(13)19(16,17)11-12-7-6-10-18-12/h12-15H,2-11H2,1H3. The second-order valence-electron chi connectivity index (χ2n) is 5.81. The third-order valence-electron chi connectivity index (χ3n) is 4.32. The Morgan fingerprint density at radius 1 is 1.11 bits per heavy atom. The zero-order valence-corrected chi connectivity index (χ0v) is 12.8. The van der Waals surface area contributed by atoms with E-state index in [1.165, 1.54) is 0 Å². The summed E-state index contributed by atoms with van der Waals surface area (Å²) >= 11 is 0. The third-order valence-corrected chi connectivity index (χ3v) is 6.65. The number of ether oxygens (including phenoxy) is 1. The van der Waals surface area contributed by atoms with Crippen LogP contribution in [0.5, 0.6) is 0 Å². The van der Waals surface area contributed by atoms with E-state index >= 15 is 0 Å². The van der Waals surface area contributed by atoms with Gasteiger partial charge in [-0.3, -0.25) is 0 Å². The summed E-state index contributed by atoms with van der Waals surface area (Å²) in [7, 11) is -3.05. The average Bonchev–Trinajstić information content (AvgIpc) is 2.73. The first kappa shape index (κ1) is 15.3. The van der Waals surface area contributed by atoms with Crippen molar-refractivity contribution in [3.8, 4) is 0 Å². The van der Waals surface area contributed by atoms with Gasteiger partial charge in [-0.2, -0.15) is 0 Å². The number of hydrogen-bond donors (Lipinski definition) is 1. The van der Waals surface area contributed by atoms with Gasteiger partial charge in [-0.15, -0.1) is 0 Å². The Kier molecular flexibility index (Phi) is 5.66. The van der Waals surface area contributed by atoms with Crippen LogP contribution in [-0.2, 0) is 14.6 Å². The molecule has 0 aromatic carbocycles. The van der Waals surface area contributed by atoms with Crippen LogP contribution >= 0.6 is 0 Å². The number of sulfone groups is 1.